The number of anilines is 1. The normalized spacial score (nSPS) is 12.8. The summed E-state index contributed by atoms with van der Waals surface area (Å²) < 4.78 is 36.8. The molecule has 0 radical (unpaired) electrons. The molecular formula is C11H10F3NO4. The van der Waals surface area contributed by atoms with Crippen molar-refractivity contribution in [2.45, 2.75) is 13.1 Å². The second kappa shape index (κ2) is 5.17. The Hall–Kier alpha value is -2.25. The molecule has 1 aromatic rings. The van der Waals surface area contributed by atoms with Crippen LogP contribution in [-0.2, 0) is 4.79 Å². The predicted octanol–water partition coefficient (Wildman–Crippen LogP) is 2.23. The van der Waals surface area contributed by atoms with E-state index in [2.05, 4.69) is 0 Å². The van der Waals surface area contributed by atoms with Gasteiger partial charge in [-0.25, -0.2) is 4.79 Å². The number of rotatable bonds is 3. The van der Waals surface area contributed by atoms with Crippen LogP contribution in [0.3, 0.4) is 0 Å². The summed E-state index contributed by atoms with van der Waals surface area (Å²) in [5, 5.41) is 19.9. The average Bonchev–Trinajstić information content (AvgIpc) is 2.29. The van der Waals surface area contributed by atoms with Crippen molar-refractivity contribution in [2.24, 2.45) is 5.92 Å². The number of aromatic carboxylic acids is 1. The highest BCUT2D eigenvalue weighted by Gasteiger charge is 2.41. The number of aromatic hydroxyl groups is 1. The summed E-state index contributed by atoms with van der Waals surface area (Å²) in [6.45, 7) is 0.688. The molecule has 1 rings (SSSR count). The van der Waals surface area contributed by atoms with Crippen LogP contribution in [0.2, 0.25) is 0 Å². The maximum absolute atomic E-state index is 12.3. The van der Waals surface area contributed by atoms with E-state index in [1.54, 1.807) is 0 Å². The van der Waals surface area contributed by atoms with Gasteiger partial charge in [0.15, 0.2) is 0 Å². The fraction of sp³-hybridized carbons (Fsp3) is 0.273. The van der Waals surface area contributed by atoms with E-state index >= 15 is 0 Å². The van der Waals surface area contributed by atoms with Crippen molar-refractivity contribution in [2.75, 3.05) is 5.32 Å². The first-order valence-corrected chi connectivity index (χ1v) is 5.07. The number of benzene rings is 1. The first kappa shape index (κ1) is 14.8. The lowest BCUT2D eigenvalue weighted by Crippen LogP contribution is -2.32. The first-order chi connectivity index (χ1) is 8.62. The molecular weight excluding hydrogens is 267 g/mol. The van der Waals surface area contributed by atoms with Crippen LogP contribution in [-0.4, -0.2) is 28.3 Å². The Balaban J connectivity index is 2.92. The van der Waals surface area contributed by atoms with E-state index in [-0.39, 0.29) is 5.69 Å². The molecule has 5 nitrogen and oxygen atoms in total. The largest absolute Gasteiger partial charge is 0.507 e. The summed E-state index contributed by atoms with van der Waals surface area (Å²) >= 11 is 0. The average molecular weight is 277 g/mol. The van der Waals surface area contributed by atoms with Gasteiger partial charge in [0.05, 0.1) is 0 Å². The van der Waals surface area contributed by atoms with Crippen LogP contribution in [0.25, 0.3) is 0 Å². The second-order valence-electron chi connectivity index (χ2n) is 3.79. The molecule has 0 bridgehead atoms. The molecule has 3 N–H and O–H groups in total. The Labute approximate surface area is 105 Å². The lowest BCUT2D eigenvalue weighted by atomic mass is 10.1. The molecule has 0 fully saturated rings. The molecule has 0 aliphatic rings. The molecule has 8 heteroatoms. The summed E-state index contributed by atoms with van der Waals surface area (Å²) in [5.41, 5.74) is -0.659. The zero-order valence-corrected chi connectivity index (χ0v) is 9.65. The van der Waals surface area contributed by atoms with Crippen LogP contribution in [0, 0.1) is 5.92 Å². The van der Waals surface area contributed by atoms with Crippen molar-refractivity contribution in [1.82, 2.24) is 0 Å². The molecule has 1 amide bonds. The van der Waals surface area contributed by atoms with Gasteiger partial charge in [-0.15, -0.1) is 0 Å². The standard InChI is InChI=1S/C11H10F3NO4/c1-5(11(12,13)14)9(17)15-6-2-3-8(16)7(4-6)10(18)19/h2-5,16H,1H3,(H,15,17)(H,18,19). The highest BCUT2D eigenvalue weighted by Crippen LogP contribution is 2.27. The molecule has 0 aliphatic carbocycles. The Morgan fingerprint density at radius 3 is 2.37 bits per heavy atom. The number of amides is 1. The van der Waals surface area contributed by atoms with E-state index in [1.165, 1.54) is 0 Å². The van der Waals surface area contributed by atoms with Gasteiger partial charge in [0.2, 0.25) is 5.91 Å². The van der Waals surface area contributed by atoms with Gasteiger partial charge in [0.1, 0.15) is 17.2 Å². The molecule has 19 heavy (non-hydrogen) atoms. The van der Waals surface area contributed by atoms with Crippen molar-refractivity contribution in [1.29, 1.82) is 0 Å². The van der Waals surface area contributed by atoms with Crippen molar-refractivity contribution in [3.8, 4) is 5.75 Å². The third-order valence-electron chi connectivity index (χ3n) is 2.38. The molecule has 1 aromatic carbocycles. The molecule has 0 saturated carbocycles. The SMILES string of the molecule is CC(C(=O)Nc1ccc(O)c(C(=O)O)c1)C(F)(F)F. The zero-order valence-electron chi connectivity index (χ0n) is 9.65. The summed E-state index contributed by atoms with van der Waals surface area (Å²) in [4.78, 5) is 22.0. The second-order valence-corrected chi connectivity index (χ2v) is 3.79. The molecule has 1 unspecified atom stereocenters. The lowest BCUT2D eigenvalue weighted by Gasteiger charge is -2.15. The number of carbonyl (C=O) groups is 2. The topological polar surface area (TPSA) is 86.6 Å². The van der Waals surface area contributed by atoms with Crippen LogP contribution in [0.15, 0.2) is 18.2 Å². The van der Waals surface area contributed by atoms with E-state index in [0.29, 0.717) is 6.92 Å². The van der Waals surface area contributed by atoms with Crippen LogP contribution in [0.1, 0.15) is 17.3 Å². The van der Waals surface area contributed by atoms with E-state index in [9.17, 15) is 27.9 Å². The Bertz CT molecular complexity index is 513. The van der Waals surface area contributed by atoms with Gasteiger partial charge in [0.25, 0.3) is 0 Å². The van der Waals surface area contributed by atoms with Gasteiger partial charge in [-0.1, -0.05) is 0 Å². The third-order valence-corrected chi connectivity index (χ3v) is 2.38. The molecule has 104 valence electrons. The fourth-order valence-corrected chi connectivity index (χ4v) is 1.18. The van der Waals surface area contributed by atoms with E-state index in [0.717, 1.165) is 18.2 Å². The van der Waals surface area contributed by atoms with Crippen molar-refractivity contribution >= 4 is 17.6 Å². The molecule has 0 aliphatic heterocycles. The fourth-order valence-electron chi connectivity index (χ4n) is 1.18. The highest BCUT2D eigenvalue weighted by atomic mass is 19.4. The van der Waals surface area contributed by atoms with Crippen LogP contribution in [0.4, 0.5) is 18.9 Å². The number of phenols is 1. The number of nitrogens with one attached hydrogen (secondary N) is 1. The van der Waals surface area contributed by atoms with Gasteiger partial charge in [-0.3, -0.25) is 4.79 Å². The van der Waals surface area contributed by atoms with E-state index in [1.807, 2.05) is 5.32 Å². The summed E-state index contributed by atoms with van der Waals surface area (Å²) in [5.74, 6) is -5.55. The Morgan fingerprint density at radius 2 is 1.89 bits per heavy atom. The van der Waals surface area contributed by atoms with E-state index < -0.39 is 35.3 Å². The third kappa shape index (κ3) is 3.60. The number of hydrogen-bond acceptors (Lipinski definition) is 3. The smallest absolute Gasteiger partial charge is 0.400 e. The number of carboxylic acids is 1. The maximum atomic E-state index is 12.3. The number of carbonyl (C=O) groups excluding carboxylic acids is 1. The molecule has 1 atom stereocenters. The summed E-state index contributed by atoms with van der Waals surface area (Å²) in [6, 6.07) is 2.94. The number of alkyl halides is 3. The Kier molecular flexibility index (Phi) is 4.03. The lowest BCUT2D eigenvalue weighted by molar-refractivity contribution is -0.175. The quantitative estimate of drug-likeness (QED) is 0.739. The van der Waals surface area contributed by atoms with Gasteiger partial charge < -0.3 is 15.5 Å². The van der Waals surface area contributed by atoms with Crippen LogP contribution in [0.5, 0.6) is 5.75 Å². The minimum absolute atomic E-state index is 0.142. The minimum Gasteiger partial charge on any atom is -0.507 e. The molecule has 0 spiro atoms. The minimum atomic E-state index is -4.68. The van der Waals surface area contributed by atoms with Gasteiger partial charge in [-0.2, -0.15) is 13.2 Å². The number of halogens is 3. The van der Waals surface area contributed by atoms with E-state index in [4.69, 9.17) is 5.11 Å². The van der Waals surface area contributed by atoms with Crippen molar-refractivity contribution in [3.05, 3.63) is 23.8 Å². The van der Waals surface area contributed by atoms with Crippen LogP contribution < -0.4 is 5.32 Å². The van der Waals surface area contributed by atoms with Gasteiger partial charge >= 0.3 is 12.1 Å². The highest BCUT2D eigenvalue weighted by molar-refractivity contribution is 5.96. The molecule has 0 saturated heterocycles. The first-order valence-electron chi connectivity index (χ1n) is 5.07. The zero-order chi connectivity index (χ0) is 14.8. The number of hydrogen-bond donors (Lipinski definition) is 3. The Morgan fingerprint density at radius 1 is 1.32 bits per heavy atom. The predicted molar refractivity (Wildman–Crippen MR) is 58.9 cm³/mol. The van der Waals surface area contributed by atoms with Crippen molar-refractivity contribution in [3.63, 3.8) is 0 Å². The summed E-state index contributed by atoms with van der Waals surface area (Å²) in [7, 11) is 0. The van der Waals surface area contributed by atoms with Gasteiger partial charge in [-0.05, 0) is 25.1 Å². The number of carboxylic acid groups (broad SMARTS) is 1. The summed E-state index contributed by atoms with van der Waals surface area (Å²) in [6.07, 6.45) is -4.68. The van der Waals surface area contributed by atoms with Crippen LogP contribution >= 0.6 is 0 Å². The van der Waals surface area contributed by atoms with Gasteiger partial charge in [0, 0.05) is 5.69 Å². The maximum Gasteiger partial charge on any atom is 0.400 e. The molecule has 0 aromatic heterocycles. The van der Waals surface area contributed by atoms with Crippen molar-refractivity contribution < 1.29 is 33.0 Å². The molecule has 0 heterocycles. The monoisotopic (exact) mass is 277 g/mol.